The lowest BCUT2D eigenvalue weighted by Crippen LogP contribution is -2.68. The first kappa shape index (κ1) is 21.5. The standard InChI is InChI=1S/C30H27N7O2/c1-39-28-5-2-21(13-33-28)16-36-24-11-25(36)19-35(18-24)27-4-3-22(14-32-27)26-10-20(6-7-30(38)8-9-30)17-37-29(26)23(12-31)15-34-37/h2-5,10,13-15,17,24-25,38H,8-9,11,16,18-19H2,1H3/i16D2. The summed E-state index contributed by atoms with van der Waals surface area (Å²) in [5.74, 6) is 7.29. The number of aromatic nitrogens is 4. The quantitative estimate of drug-likeness (QED) is 0.402. The molecule has 9 nitrogen and oxygen atoms in total. The van der Waals surface area contributed by atoms with E-state index in [-0.39, 0.29) is 12.1 Å². The fourth-order valence-corrected chi connectivity index (χ4v) is 5.35. The number of pyridine rings is 3. The number of piperidine rings is 1. The average Bonchev–Trinajstić information content (AvgIpc) is 3.58. The number of ether oxygens (including phenoxy) is 1. The molecule has 194 valence electrons. The van der Waals surface area contributed by atoms with Crippen LogP contribution in [0.15, 0.2) is 55.1 Å². The Hall–Kier alpha value is -4.44. The van der Waals surface area contributed by atoms with Crippen molar-refractivity contribution in [2.24, 2.45) is 0 Å². The van der Waals surface area contributed by atoms with Gasteiger partial charge in [-0.2, -0.15) is 10.4 Å². The zero-order valence-electron chi connectivity index (χ0n) is 23.4. The summed E-state index contributed by atoms with van der Waals surface area (Å²) < 4.78 is 24.5. The summed E-state index contributed by atoms with van der Waals surface area (Å²) in [6.45, 7) is -0.287. The maximum atomic E-state index is 10.2. The molecule has 0 spiro atoms. The van der Waals surface area contributed by atoms with Crippen LogP contribution in [0.1, 0.15) is 38.7 Å². The topological polar surface area (TPSA) is 103 Å². The highest BCUT2D eigenvalue weighted by molar-refractivity contribution is 5.85. The molecule has 0 amide bonds. The Bertz CT molecular complexity index is 1740. The van der Waals surface area contributed by atoms with Crippen LogP contribution in [-0.4, -0.2) is 67.5 Å². The van der Waals surface area contributed by atoms with Crippen LogP contribution in [0.3, 0.4) is 0 Å². The Balaban J connectivity index is 1.13. The fourth-order valence-electron chi connectivity index (χ4n) is 5.35. The third-order valence-electron chi connectivity index (χ3n) is 7.68. The van der Waals surface area contributed by atoms with Gasteiger partial charge in [-0.05, 0) is 43.0 Å². The Morgan fingerprint density at radius 2 is 2.00 bits per heavy atom. The molecule has 3 saturated heterocycles. The van der Waals surface area contributed by atoms with E-state index >= 15 is 0 Å². The maximum Gasteiger partial charge on any atom is 0.212 e. The van der Waals surface area contributed by atoms with Crippen molar-refractivity contribution in [1.82, 2.24) is 24.5 Å². The second-order valence-corrected chi connectivity index (χ2v) is 10.3. The van der Waals surface area contributed by atoms with E-state index in [1.807, 2.05) is 23.1 Å². The van der Waals surface area contributed by atoms with Crippen molar-refractivity contribution >= 4 is 11.3 Å². The van der Waals surface area contributed by atoms with Crippen LogP contribution in [-0.2, 0) is 6.50 Å². The number of fused-ring (bicyclic) bond motifs is 3. The Labute approximate surface area is 229 Å². The number of piperazine rings is 1. The third-order valence-corrected chi connectivity index (χ3v) is 7.68. The van der Waals surface area contributed by atoms with E-state index in [4.69, 9.17) is 12.5 Å². The summed E-state index contributed by atoms with van der Waals surface area (Å²) >= 11 is 0. The van der Waals surface area contributed by atoms with Crippen molar-refractivity contribution in [3.63, 3.8) is 0 Å². The lowest BCUT2D eigenvalue weighted by molar-refractivity contribution is -0.00876. The SMILES string of the molecule is [2H]C([2H])(c1ccc(OC)nc1)N1C2CC1CN(c1ccc(-c3cc(C#CC4(O)CC4)cn4ncc(C#N)c34)cn1)C2. The van der Waals surface area contributed by atoms with Gasteiger partial charge >= 0.3 is 0 Å². The third kappa shape index (κ3) is 4.36. The predicted molar refractivity (Wildman–Crippen MR) is 145 cm³/mol. The number of anilines is 1. The predicted octanol–water partition coefficient (Wildman–Crippen LogP) is 3.01. The summed E-state index contributed by atoms with van der Waals surface area (Å²) in [7, 11) is 1.54. The van der Waals surface area contributed by atoms with Crippen molar-refractivity contribution < 1.29 is 12.6 Å². The van der Waals surface area contributed by atoms with Crippen LogP contribution < -0.4 is 9.64 Å². The molecule has 1 saturated carbocycles. The molecule has 2 bridgehead atoms. The largest absolute Gasteiger partial charge is 0.481 e. The molecule has 4 aliphatic rings. The number of rotatable bonds is 5. The van der Waals surface area contributed by atoms with E-state index in [9.17, 15) is 10.4 Å². The highest BCUT2D eigenvalue weighted by Gasteiger charge is 2.44. The van der Waals surface area contributed by atoms with Crippen molar-refractivity contribution in [1.29, 1.82) is 5.26 Å². The highest BCUT2D eigenvalue weighted by atomic mass is 16.5. The van der Waals surface area contributed by atoms with Crippen molar-refractivity contribution in [3.8, 4) is 34.9 Å². The average molecular weight is 520 g/mol. The van der Waals surface area contributed by atoms with Gasteiger partial charge in [0.25, 0.3) is 0 Å². The fraction of sp³-hybridized carbons (Fsp3) is 0.333. The Morgan fingerprint density at radius 1 is 1.15 bits per heavy atom. The van der Waals surface area contributed by atoms with Crippen molar-refractivity contribution in [2.45, 2.75) is 43.4 Å². The van der Waals surface area contributed by atoms with Crippen LogP contribution in [0.4, 0.5) is 5.82 Å². The molecule has 0 aromatic carbocycles. The monoisotopic (exact) mass is 519 g/mol. The number of nitriles is 1. The van der Waals surface area contributed by atoms with E-state index in [0.717, 1.165) is 23.4 Å². The number of methoxy groups -OCH3 is 1. The van der Waals surface area contributed by atoms with Crippen LogP contribution in [0.5, 0.6) is 5.88 Å². The van der Waals surface area contributed by atoms with Crippen molar-refractivity contribution in [3.05, 3.63) is 71.8 Å². The second-order valence-electron chi connectivity index (χ2n) is 10.3. The Morgan fingerprint density at radius 3 is 2.67 bits per heavy atom. The summed E-state index contributed by atoms with van der Waals surface area (Å²) in [5.41, 5.74) is 3.09. The van der Waals surface area contributed by atoms with Crippen LogP contribution in [0.2, 0.25) is 0 Å². The first-order valence-corrected chi connectivity index (χ1v) is 13.0. The molecule has 4 fully saturated rings. The van der Waals surface area contributed by atoms with Gasteiger partial charge in [-0.3, -0.25) is 4.90 Å². The molecule has 3 aliphatic heterocycles. The summed E-state index contributed by atoms with van der Waals surface area (Å²) in [4.78, 5) is 13.1. The van der Waals surface area contributed by atoms with Gasteiger partial charge in [-0.15, -0.1) is 0 Å². The smallest absolute Gasteiger partial charge is 0.212 e. The first-order valence-electron chi connectivity index (χ1n) is 14.0. The molecule has 39 heavy (non-hydrogen) atoms. The van der Waals surface area contributed by atoms with Gasteiger partial charge in [0, 0.05) is 75.8 Å². The molecule has 2 unspecified atom stereocenters. The van der Waals surface area contributed by atoms with E-state index in [2.05, 4.69) is 32.9 Å². The maximum absolute atomic E-state index is 10.2. The number of aliphatic hydroxyl groups is 1. The molecule has 1 aliphatic carbocycles. The summed E-state index contributed by atoms with van der Waals surface area (Å²) in [6, 6.07) is 11.6. The molecular formula is C30H27N7O2. The summed E-state index contributed by atoms with van der Waals surface area (Å²) in [5, 5.41) is 24.2. The zero-order valence-corrected chi connectivity index (χ0v) is 21.4. The molecular weight excluding hydrogens is 490 g/mol. The van der Waals surface area contributed by atoms with E-state index in [1.54, 1.807) is 48.5 Å². The zero-order chi connectivity index (χ0) is 28.4. The van der Waals surface area contributed by atoms with Crippen LogP contribution >= 0.6 is 0 Å². The van der Waals surface area contributed by atoms with Gasteiger partial charge in [-0.25, -0.2) is 14.5 Å². The molecule has 4 aromatic heterocycles. The van der Waals surface area contributed by atoms with Gasteiger partial charge in [0.2, 0.25) is 5.88 Å². The van der Waals surface area contributed by atoms with Gasteiger partial charge in [-0.1, -0.05) is 17.9 Å². The minimum Gasteiger partial charge on any atom is -0.481 e. The van der Waals surface area contributed by atoms with E-state index in [0.29, 0.717) is 54.0 Å². The minimum atomic E-state index is -1.63. The van der Waals surface area contributed by atoms with E-state index in [1.165, 1.54) is 0 Å². The second kappa shape index (κ2) is 9.09. The number of hydrogen-bond acceptors (Lipinski definition) is 8. The lowest BCUT2D eigenvalue weighted by atomic mass is 9.87. The Kier molecular flexibility index (Phi) is 5.01. The minimum absolute atomic E-state index is 0.0634. The molecule has 8 rings (SSSR count). The summed E-state index contributed by atoms with van der Waals surface area (Å²) in [6.07, 6.45) is 8.96. The van der Waals surface area contributed by atoms with Crippen molar-refractivity contribution in [2.75, 3.05) is 25.1 Å². The molecule has 4 aromatic rings. The highest BCUT2D eigenvalue weighted by Crippen LogP contribution is 2.37. The first-order chi connectivity index (χ1) is 19.8. The lowest BCUT2D eigenvalue weighted by Gasteiger charge is -2.56. The molecule has 1 N–H and O–H groups in total. The van der Waals surface area contributed by atoms with Gasteiger partial charge in [0.1, 0.15) is 17.5 Å². The van der Waals surface area contributed by atoms with Crippen LogP contribution in [0, 0.1) is 23.2 Å². The molecule has 2 atom stereocenters. The number of nitrogens with zero attached hydrogens (tertiary/aromatic N) is 7. The normalized spacial score (nSPS) is 22.1. The molecule has 9 heteroatoms. The van der Waals surface area contributed by atoms with E-state index < -0.39 is 12.1 Å². The van der Waals surface area contributed by atoms with Crippen LogP contribution in [0.25, 0.3) is 16.6 Å². The van der Waals surface area contributed by atoms with Gasteiger partial charge < -0.3 is 14.7 Å². The van der Waals surface area contributed by atoms with Gasteiger partial charge in [0.05, 0.1) is 24.4 Å². The van der Waals surface area contributed by atoms with Gasteiger partial charge in [0.15, 0.2) is 0 Å². The molecule has 0 radical (unpaired) electrons. The molecule has 7 heterocycles. The number of hydrogen-bond donors (Lipinski definition) is 1.